The minimum absolute atomic E-state index is 0.0791. The summed E-state index contributed by atoms with van der Waals surface area (Å²) in [6, 6.07) is 7.06. The number of hydrogen-bond donors (Lipinski definition) is 0. The van der Waals surface area contributed by atoms with Gasteiger partial charge in [0.25, 0.3) is 0 Å². The molecule has 0 N–H and O–H groups in total. The Morgan fingerprint density at radius 2 is 2.26 bits per heavy atom. The molecule has 0 aliphatic carbocycles. The normalized spacial score (nSPS) is 15.2. The Morgan fingerprint density at radius 1 is 1.37 bits per heavy atom. The minimum Gasteiger partial charge on any atom is -0.315 e. The summed E-state index contributed by atoms with van der Waals surface area (Å²) in [6.07, 6.45) is 1.73. The van der Waals surface area contributed by atoms with E-state index < -0.39 is 0 Å². The number of fused-ring (bicyclic) bond motifs is 1. The highest BCUT2D eigenvalue weighted by atomic mass is 35.5. The molecule has 0 fully saturated rings. The zero-order valence-corrected chi connectivity index (χ0v) is 11.0. The Kier molecular flexibility index (Phi) is 3.31. The molecule has 0 spiro atoms. The van der Waals surface area contributed by atoms with E-state index in [-0.39, 0.29) is 5.78 Å². The van der Waals surface area contributed by atoms with Crippen LogP contribution in [0.15, 0.2) is 30.6 Å². The van der Waals surface area contributed by atoms with Gasteiger partial charge in [0.2, 0.25) is 0 Å². The van der Waals surface area contributed by atoms with Gasteiger partial charge in [0, 0.05) is 23.7 Å². The van der Waals surface area contributed by atoms with Gasteiger partial charge >= 0.3 is 0 Å². The molecule has 5 nitrogen and oxygen atoms in total. The number of aromatic nitrogens is 3. The second-order valence-corrected chi connectivity index (χ2v) is 5.02. The first-order valence-electron chi connectivity index (χ1n) is 6.10. The lowest BCUT2D eigenvalue weighted by atomic mass is 10.1. The van der Waals surface area contributed by atoms with Crippen molar-refractivity contribution in [1.29, 1.82) is 0 Å². The van der Waals surface area contributed by atoms with E-state index in [9.17, 15) is 4.79 Å². The third kappa shape index (κ3) is 2.67. The lowest BCUT2D eigenvalue weighted by Crippen LogP contribution is -2.37. The molecular formula is C13H13ClN4O. The van der Waals surface area contributed by atoms with Gasteiger partial charge in [0.15, 0.2) is 5.78 Å². The van der Waals surface area contributed by atoms with Crippen LogP contribution in [0.3, 0.4) is 0 Å². The number of ketones is 1. The molecule has 19 heavy (non-hydrogen) atoms. The summed E-state index contributed by atoms with van der Waals surface area (Å²) in [7, 11) is 0. The molecule has 0 radical (unpaired) electrons. The SMILES string of the molecule is O=C(CN1CCn2cnnc2C1)c1cccc(Cl)c1. The molecule has 0 unspecified atom stereocenters. The van der Waals surface area contributed by atoms with Gasteiger partial charge in [-0.25, -0.2) is 0 Å². The van der Waals surface area contributed by atoms with Gasteiger partial charge in [-0.05, 0) is 12.1 Å². The molecule has 3 rings (SSSR count). The van der Waals surface area contributed by atoms with Gasteiger partial charge in [0.1, 0.15) is 12.2 Å². The number of carbonyl (C=O) groups excluding carboxylic acids is 1. The van der Waals surface area contributed by atoms with Crippen LogP contribution in [-0.4, -0.2) is 38.5 Å². The Hall–Kier alpha value is -1.72. The quantitative estimate of drug-likeness (QED) is 0.800. The van der Waals surface area contributed by atoms with Crippen LogP contribution in [0.25, 0.3) is 0 Å². The first kappa shape index (κ1) is 12.3. The maximum Gasteiger partial charge on any atom is 0.176 e. The van der Waals surface area contributed by atoms with Crippen LogP contribution in [-0.2, 0) is 13.1 Å². The van der Waals surface area contributed by atoms with Gasteiger partial charge in [-0.2, -0.15) is 0 Å². The van der Waals surface area contributed by atoms with Crippen molar-refractivity contribution in [3.8, 4) is 0 Å². The number of carbonyl (C=O) groups is 1. The van der Waals surface area contributed by atoms with E-state index in [1.165, 1.54) is 0 Å². The predicted octanol–water partition coefficient (Wildman–Crippen LogP) is 1.63. The molecule has 1 aromatic heterocycles. The molecule has 0 amide bonds. The number of hydrogen-bond acceptors (Lipinski definition) is 4. The predicted molar refractivity (Wildman–Crippen MR) is 71.1 cm³/mol. The first-order chi connectivity index (χ1) is 9.22. The van der Waals surface area contributed by atoms with E-state index >= 15 is 0 Å². The molecule has 2 heterocycles. The highest BCUT2D eigenvalue weighted by molar-refractivity contribution is 6.31. The highest BCUT2D eigenvalue weighted by Gasteiger charge is 2.20. The smallest absolute Gasteiger partial charge is 0.176 e. The summed E-state index contributed by atoms with van der Waals surface area (Å²) in [5, 5.41) is 8.50. The summed E-state index contributed by atoms with van der Waals surface area (Å²) in [6.45, 7) is 2.70. The topological polar surface area (TPSA) is 51.0 Å². The Morgan fingerprint density at radius 3 is 3.11 bits per heavy atom. The van der Waals surface area contributed by atoms with Crippen LogP contribution in [0, 0.1) is 0 Å². The van der Waals surface area contributed by atoms with Crippen LogP contribution < -0.4 is 0 Å². The van der Waals surface area contributed by atoms with Crippen molar-refractivity contribution < 1.29 is 4.79 Å². The monoisotopic (exact) mass is 276 g/mol. The summed E-state index contributed by atoms with van der Waals surface area (Å²) >= 11 is 5.90. The van der Waals surface area contributed by atoms with Gasteiger partial charge < -0.3 is 4.57 Å². The van der Waals surface area contributed by atoms with Crippen LogP contribution in [0.4, 0.5) is 0 Å². The molecule has 1 aliphatic rings. The third-order valence-electron chi connectivity index (χ3n) is 3.23. The number of rotatable bonds is 3. The molecule has 1 aliphatic heterocycles. The Balaban J connectivity index is 1.68. The van der Waals surface area contributed by atoms with Gasteiger partial charge in [-0.3, -0.25) is 9.69 Å². The number of benzene rings is 1. The van der Waals surface area contributed by atoms with Crippen molar-refractivity contribution >= 4 is 17.4 Å². The van der Waals surface area contributed by atoms with Crippen LogP contribution in [0.1, 0.15) is 16.2 Å². The van der Waals surface area contributed by atoms with Crippen molar-refractivity contribution in [2.24, 2.45) is 0 Å². The average Bonchev–Trinajstić information content (AvgIpc) is 2.86. The van der Waals surface area contributed by atoms with Crippen molar-refractivity contribution in [3.63, 3.8) is 0 Å². The number of Topliss-reactive ketones (excluding diaryl/α,β-unsaturated/α-hetero) is 1. The first-order valence-corrected chi connectivity index (χ1v) is 6.48. The van der Waals surface area contributed by atoms with E-state index in [1.54, 1.807) is 30.6 Å². The van der Waals surface area contributed by atoms with Crippen LogP contribution in [0.2, 0.25) is 5.02 Å². The second kappa shape index (κ2) is 5.11. The van der Waals surface area contributed by atoms with E-state index in [2.05, 4.69) is 15.1 Å². The van der Waals surface area contributed by atoms with Crippen molar-refractivity contribution in [1.82, 2.24) is 19.7 Å². The maximum absolute atomic E-state index is 12.2. The molecule has 98 valence electrons. The molecule has 2 aromatic rings. The zero-order chi connectivity index (χ0) is 13.2. The van der Waals surface area contributed by atoms with Gasteiger partial charge in [-0.1, -0.05) is 23.7 Å². The standard InChI is InChI=1S/C13H13ClN4O/c14-11-3-1-2-10(6-11)12(19)7-17-4-5-18-9-15-16-13(18)8-17/h1-3,6,9H,4-5,7-8H2. The maximum atomic E-state index is 12.2. The van der Waals surface area contributed by atoms with E-state index in [0.29, 0.717) is 23.7 Å². The van der Waals surface area contributed by atoms with E-state index in [4.69, 9.17) is 11.6 Å². The van der Waals surface area contributed by atoms with Crippen LogP contribution >= 0.6 is 11.6 Å². The highest BCUT2D eigenvalue weighted by Crippen LogP contribution is 2.13. The largest absolute Gasteiger partial charge is 0.315 e. The van der Waals surface area contributed by atoms with Gasteiger partial charge in [-0.15, -0.1) is 10.2 Å². The van der Waals surface area contributed by atoms with E-state index in [1.807, 2.05) is 4.57 Å². The molecule has 6 heteroatoms. The number of nitrogens with zero attached hydrogens (tertiary/aromatic N) is 4. The molecular weight excluding hydrogens is 264 g/mol. The summed E-state index contributed by atoms with van der Waals surface area (Å²) in [5.41, 5.74) is 0.652. The fourth-order valence-corrected chi connectivity index (χ4v) is 2.40. The van der Waals surface area contributed by atoms with Crippen LogP contribution in [0.5, 0.6) is 0 Å². The summed E-state index contributed by atoms with van der Waals surface area (Å²) in [4.78, 5) is 14.2. The zero-order valence-electron chi connectivity index (χ0n) is 10.3. The lowest BCUT2D eigenvalue weighted by Gasteiger charge is -2.26. The Labute approximate surface area is 115 Å². The average molecular weight is 277 g/mol. The summed E-state index contributed by atoms with van der Waals surface area (Å²) in [5.74, 6) is 0.987. The second-order valence-electron chi connectivity index (χ2n) is 4.58. The lowest BCUT2D eigenvalue weighted by molar-refractivity contribution is 0.0908. The van der Waals surface area contributed by atoms with E-state index in [0.717, 1.165) is 18.9 Å². The van der Waals surface area contributed by atoms with Gasteiger partial charge in [0.05, 0.1) is 13.1 Å². The molecule has 0 saturated carbocycles. The molecule has 0 atom stereocenters. The third-order valence-corrected chi connectivity index (χ3v) is 3.47. The van der Waals surface area contributed by atoms with Crippen molar-refractivity contribution in [2.75, 3.05) is 13.1 Å². The Bertz CT molecular complexity index is 610. The minimum atomic E-state index is 0.0791. The fourth-order valence-electron chi connectivity index (χ4n) is 2.21. The van der Waals surface area contributed by atoms with Crippen molar-refractivity contribution in [2.45, 2.75) is 13.1 Å². The van der Waals surface area contributed by atoms with Crippen molar-refractivity contribution in [3.05, 3.63) is 47.0 Å². The molecule has 1 aromatic carbocycles. The number of halogens is 1. The molecule has 0 saturated heterocycles. The summed E-state index contributed by atoms with van der Waals surface area (Å²) < 4.78 is 2.01. The molecule has 0 bridgehead atoms. The fraction of sp³-hybridized carbons (Fsp3) is 0.308.